The Bertz CT molecular complexity index is 453. The van der Waals surface area contributed by atoms with Gasteiger partial charge in [0, 0.05) is 20.1 Å². The number of hydrogen-bond acceptors (Lipinski definition) is 4. The monoisotopic (exact) mass is 231 g/mol. The average Bonchev–Trinajstić information content (AvgIpc) is 2.86. The van der Waals surface area contributed by atoms with Gasteiger partial charge < -0.3 is 15.1 Å². The third kappa shape index (κ3) is 3.07. The lowest BCUT2D eigenvalue weighted by molar-refractivity contribution is 0.544. The number of anilines is 1. The van der Waals surface area contributed by atoms with Crippen LogP contribution in [0.2, 0.25) is 0 Å². The highest BCUT2D eigenvalue weighted by atomic mass is 16.4. The zero-order chi connectivity index (χ0) is 12.1. The van der Waals surface area contributed by atoms with Crippen molar-refractivity contribution in [3.63, 3.8) is 0 Å². The number of rotatable bonds is 5. The molecule has 1 heterocycles. The van der Waals surface area contributed by atoms with Crippen molar-refractivity contribution in [2.24, 2.45) is 5.73 Å². The van der Waals surface area contributed by atoms with Gasteiger partial charge in [-0.2, -0.15) is 4.98 Å². The summed E-state index contributed by atoms with van der Waals surface area (Å²) in [6.07, 6.45) is 2.58. The Morgan fingerprint density at radius 2 is 2.06 bits per heavy atom. The molecule has 0 spiro atoms. The predicted octanol–water partition coefficient (Wildman–Crippen LogP) is 1.81. The molecular formula is C13H17N3O. The molecule has 0 atom stereocenters. The van der Waals surface area contributed by atoms with E-state index < -0.39 is 0 Å². The van der Waals surface area contributed by atoms with E-state index in [9.17, 15) is 0 Å². The lowest BCUT2D eigenvalue weighted by Crippen LogP contribution is -2.20. The summed E-state index contributed by atoms with van der Waals surface area (Å²) in [5, 5.41) is 0. The lowest BCUT2D eigenvalue weighted by atomic mass is 10.1. The summed E-state index contributed by atoms with van der Waals surface area (Å²) in [6, 6.07) is 11.0. The average molecular weight is 231 g/mol. The molecule has 0 saturated carbocycles. The van der Waals surface area contributed by atoms with Crippen molar-refractivity contribution in [1.29, 1.82) is 0 Å². The molecule has 4 heteroatoms. The summed E-state index contributed by atoms with van der Waals surface area (Å²) >= 11 is 0. The zero-order valence-corrected chi connectivity index (χ0v) is 9.97. The van der Waals surface area contributed by atoms with E-state index >= 15 is 0 Å². The summed E-state index contributed by atoms with van der Waals surface area (Å²) in [7, 11) is 1.97. The molecule has 0 unspecified atom stereocenters. The molecule has 2 N–H and O–H groups in total. The smallest absolute Gasteiger partial charge is 0.297 e. The second-order valence-corrected chi connectivity index (χ2v) is 3.98. The van der Waals surface area contributed by atoms with Gasteiger partial charge in [-0.15, -0.1) is 0 Å². The molecular weight excluding hydrogens is 214 g/mol. The molecule has 4 nitrogen and oxygen atoms in total. The van der Waals surface area contributed by atoms with Gasteiger partial charge >= 0.3 is 0 Å². The summed E-state index contributed by atoms with van der Waals surface area (Å²) in [6.45, 7) is 1.28. The van der Waals surface area contributed by atoms with Gasteiger partial charge in [-0.3, -0.25) is 0 Å². The maximum Gasteiger partial charge on any atom is 0.297 e. The van der Waals surface area contributed by atoms with Gasteiger partial charge in [0.25, 0.3) is 6.01 Å². The van der Waals surface area contributed by atoms with E-state index in [4.69, 9.17) is 10.2 Å². The minimum atomic E-state index is 0.413. The van der Waals surface area contributed by atoms with Gasteiger partial charge in [-0.1, -0.05) is 30.3 Å². The topological polar surface area (TPSA) is 55.3 Å². The first kappa shape index (κ1) is 11.7. The third-order valence-corrected chi connectivity index (χ3v) is 2.65. The van der Waals surface area contributed by atoms with Crippen LogP contribution in [-0.4, -0.2) is 18.6 Å². The van der Waals surface area contributed by atoms with Gasteiger partial charge in [0.2, 0.25) is 0 Å². The first-order chi connectivity index (χ1) is 8.29. The van der Waals surface area contributed by atoms with Gasteiger partial charge in [0.1, 0.15) is 6.26 Å². The van der Waals surface area contributed by atoms with Crippen LogP contribution in [0, 0.1) is 0 Å². The van der Waals surface area contributed by atoms with Gasteiger partial charge in [0.15, 0.2) is 0 Å². The van der Waals surface area contributed by atoms with Crippen LogP contribution < -0.4 is 10.6 Å². The summed E-state index contributed by atoms with van der Waals surface area (Å²) in [5.41, 5.74) is 7.58. The Labute approximate surface area is 101 Å². The molecule has 0 radical (unpaired) electrons. The van der Waals surface area contributed by atoms with Crippen molar-refractivity contribution in [1.82, 2.24) is 4.98 Å². The summed E-state index contributed by atoms with van der Waals surface area (Å²) in [5.74, 6) is 0. The van der Waals surface area contributed by atoms with Crippen molar-refractivity contribution in [2.75, 3.05) is 18.5 Å². The molecule has 90 valence electrons. The Morgan fingerprint density at radius 3 is 2.71 bits per heavy atom. The number of benzene rings is 1. The number of likely N-dealkylation sites (N-methyl/N-ethyl adjacent to an activating group) is 1. The Kier molecular flexibility index (Phi) is 3.77. The first-order valence-electron chi connectivity index (χ1n) is 5.69. The van der Waals surface area contributed by atoms with E-state index in [0.717, 1.165) is 18.7 Å². The van der Waals surface area contributed by atoms with Crippen LogP contribution >= 0.6 is 0 Å². The zero-order valence-electron chi connectivity index (χ0n) is 9.97. The molecule has 0 amide bonds. The molecule has 0 fully saturated rings. The maximum absolute atomic E-state index is 5.49. The molecule has 1 aromatic heterocycles. The van der Waals surface area contributed by atoms with Crippen molar-refractivity contribution in [3.8, 4) is 0 Å². The Hall–Kier alpha value is -1.81. The molecule has 0 aliphatic rings. The van der Waals surface area contributed by atoms with E-state index in [1.165, 1.54) is 5.56 Å². The SMILES string of the molecule is CN(CCc1ccccc1)c1nc(CN)co1. The second kappa shape index (κ2) is 5.50. The minimum absolute atomic E-state index is 0.413. The Balaban J connectivity index is 1.91. The molecule has 0 aliphatic heterocycles. The Morgan fingerprint density at radius 1 is 1.29 bits per heavy atom. The van der Waals surface area contributed by atoms with Gasteiger partial charge in [-0.05, 0) is 12.0 Å². The largest absolute Gasteiger partial charge is 0.432 e. The second-order valence-electron chi connectivity index (χ2n) is 3.98. The number of hydrogen-bond donors (Lipinski definition) is 1. The van der Waals surface area contributed by atoms with Crippen LogP contribution in [0.1, 0.15) is 11.3 Å². The molecule has 0 bridgehead atoms. The summed E-state index contributed by atoms with van der Waals surface area (Å²) in [4.78, 5) is 6.27. The van der Waals surface area contributed by atoms with E-state index in [0.29, 0.717) is 12.6 Å². The van der Waals surface area contributed by atoms with Crippen molar-refractivity contribution >= 4 is 6.01 Å². The highest BCUT2D eigenvalue weighted by Gasteiger charge is 2.07. The normalized spacial score (nSPS) is 10.5. The fourth-order valence-electron chi connectivity index (χ4n) is 1.60. The molecule has 0 aliphatic carbocycles. The number of nitrogens with zero attached hydrogens (tertiary/aromatic N) is 2. The first-order valence-corrected chi connectivity index (χ1v) is 5.69. The van der Waals surface area contributed by atoms with Crippen LogP contribution in [0.25, 0.3) is 0 Å². The van der Waals surface area contributed by atoms with E-state index in [-0.39, 0.29) is 0 Å². The fraction of sp³-hybridized carbons (Fsp3) is 0.308. The van der Waals surface area contributed by atoms with Crippen LogP contribution in [0.3, 0.4) is 0 Å². The van der Waals surface area contributed by atoms with Crippen molar-refractivity contribution in [3.05, 3.63) is 47.9 Å². The molecule has 2 rings (SSSR count). The fourth-order valence-corrected chi connectivity index (χ4v) is 1.60. The van der Waals surface area contributed by atoms with Crippen LogP contribution in [0.15, 0.2) is 41.0 Å². The van der Waals surface area contributed by atoms with Crippen LogP contribution in [-0.2, 0) is 13.0 Å². The molecule has 0 saturated heterocycles. The quantitative estimate of drug-likeness (QED) is 0.852. The van der Waals surface area contributed by atoms with Crippen LogP contribution in [0.5, 0.6) is 0 Å². The molecule has 1 aromatic carbocycles. The van der Waals surface area contributed by atoms with E-state index in [1.54, 1.807) is 6.26 Å². The van der Waals surface area contributed by atoms with E-state index in [1.807, 2.05) is 30.1 Å². The van der Waals surface area contributed by atoms with Gasteiger partial charge in [-0.25, -0.2) is 0 Å². The molecule has 2 aromatic rings. The van der Waals surface area contributed by atoms with Crippen molar-refractivity contribution in [2.45, 2.75) is 13.0 Å². The minimum Gasteiger partial charge on any atom is -0.432 e. The number of oxazole rings is 1. The highest BCUT2D eigenvalue weighted by Crippen LogP contribution is 2.12. The van der Waals surface area contributed by atoms with Crippen LogP contribution in [0.4, 0.5) is 6.01 Å². The highest BCUT2D eigenvalue weighted by molar-refractivity contribution is 5.26. The van der Waals surface area contributed by atoms with Gasteiger partial charge in [0.05, 0.1) is 5.69 Å². The predicted molar refractivity (Wildman–Crippen MR) is 67.8 cm³/mol. The standard InChI is InChI=1S/C13H17N3O/c1-16(13-15-12(9-14)10-17-13)8-7-11-5-3-2-4-6-11/h2-6,10H,7-9,14H2,1H3. The number of nitrogens with two attached hydrogens (primary N) is 1. The lowest BCUT2D eigenvalue weighted by Gasteiger charge is -2.13. The molecule has 17 heavy (non-hydrogen) atoms. The van der Waals surface area contributed by atoms with E-state index in [2.05, 4.69) is 17.1 Å². The number of aromatic nitrogens is 1. The van der Waals surface area contributed by atoms with Crippen molar-refractivity contribution < 1.29 is 4.42 Å². The third-order valence-electron chi connectivity index (χ3n) is 2.65. The summed E-state index contributed by atoms with van der Waals surface area (Å²) < 4.78 is 5.34. The maximum atomic E-state index is 5.49.